The van der Waals surface area contributed by atoms with E-state index in [2.05, 4.69) is 5.32 Å². The lowest BCUT2D eigenvalue weighted by Gasteiger charge is -2.33. The van der Waals surface area contributed by atoms with Gasteiger partial charge in [0, 0.05) is 12.6 Å². The zero-order valence-electron chi connectivity index (χ0n) is 22.1. The minimum Gasteiger partial charge on any atom is -0.352 e. The summed E-state index contributed by atoms with van der Waals surface area (Å²) in [5.41, 5.74) is 0.122. The first-order chi connectivity index (χ1) is 18.2. The Labute approximate surface area is 232 Å². The molecule has 0 unspecified atom stereocenters. The Morgan fingerprint density at radius 1 is 1.10 bits per heavy atom. The van der Waals surface area contributed by atoms with E-state index in [0.29, 0.717) is 15.9 Å². The molecule has 2 aromatic rings. The molecule has 1 aliphatic rings. The molecule has 2 aromatic carbocycles. The normalized spacial score (nSPS) is 15.2. The Balaban J connectivity index is 1.99. The average molecular weight is 588 g/mol. The molecule has 0 aromatic heterocycles. The SMILES string of the molecule is CC[C@@H](C(=O)NC1CCCC1)N(Cc1ccc(C)cc1)C(=O)CN(c1cc(C(F)(F)F)ccc1Cl)S(C)(=O)=O. The largest absolute Gasteiger partial charge is 0.416 e. The average Bonchev–Trinajstić information content (AvgIpc) is 3.35. The van der Waals surface area contributed by atoms with Crippen molar-refractivity contribution in [1.82, 2.24) is 10.2 Å². The lowest BCUT2D eigenvalue weighted by molar-refractivity contribution is -0.140. The van der Waals surface area contributed by atoms with Gasteiger partial charge < -0.3 is 10.2 Å². The molecule has 0 heterocycles. The van der Waals surface area contributed by atoms with Crippen molar-refractivity contribution in [2.75, 3.05) is 17.1 Å². The maximum Gasteiger partial charge on any atom is 0.416 e. The number of carbonyl (C=O) groups excluding carboxylic acids is 2. The molecule has 1 N–H and O–H groups in total. The van der Waals surface area contributed by atoms with E-state index in [1.807, 2.05) is 19.1 Å². The van der Waals surface area contributed by atoms with Gasteiger partial charge in [0.15, 0.2) is 0 Å². The number of hydrogen-bond acceptors (Lipinski definition) is 4. The van der Waals surface area contributed by atoms with Gasteiger partial charge in [-0.1, -0.05) is 61.2 Å². The molecular weight excluding hydrogens is 555 g/mol. The zero-order chi connectivity index (χ0) is 29.0. The van der Waals surface area contributed by atoms with Gasteiger partial charge in [-0.2, -0.15) is 13.2 Å². The van der Waals surface area contributed by atoms with Gasteiger partial charge in [0.1, 0.15) is 12.6 Å². The number of amides is 2. The number of anilines is 1. The van der Waals surface area contributed by atoms with Crippen LogP contribution in [-0.2, 0) is 32.3 Å². The Bertz CT molecular complexity index is 1280. The lowest BCUT2D eigenvalue weighted by atomic mass is 10.1. The molecule has 1 atom stereocenters. The van der Waals surface area contributed by atoms with Gasteiger partial charge in [-0.25, -0.2) is 8.42 Å². The van der Waals surface area contributed by atoms with E-state index >= 15 is 0 Å². The highest BCUT2D eigenvalue weighted by Gasteiger charge is 2.35. The number of halogens is 4. The summed E-state index contributed by atoms with van der Waals surface area (Å²) in [5, 5.41) is 2.73. The summed E-state index contributed by atoms with van der Waals surface area (Å²) in [4.78, 5) is 28.3. The van der Waals surface area contributed by atoms with E-state index in [0.717, 1.165) is 49.6 Å². The van der Waals surface area contributed by atoms with Gasteiger partial charge >= 0.3 is 6.18 Å². The third kappa shape index (κ3) is 8.11. The molecule has 214 valence electrons. The minimum atomic E-state index is -4.75. The molecule has 7 nitrogen and oxygen atoms in total. The van der Waals surface area contributed by atoms with E-state index < -0.39 is 45.9 Å². The van der Waals surface area contributed by atoms with Crippen LogP contribution in [0.1, 0.15) is 55.7 Å². The Kier molecular flexibility index (Phi) is 9.93. The topological polar surface area (TPSA) is 86.8 Å². The molecule has 1 aliphatic carbocycles. The van der Waals surface area contributed by atoms with Gasteiger partial charge in [0.2, 0.25) is 21.8 Å². The van der Waals surface area contributed by atoms with E-state index in [4.69, 9.17) is 11.6 Å². The van der Waals surface area contributed by atoms with Crippen molar-refractivity contribution in [3.63, 3.8) is 0 Å². The summed E-state index contributed by atoms with van der Waals surface area (Å²) in [5.74, 6) is -1.10. The third-order valence-electron chi connectivity index (χ3n) is 6.78. The number of benzene rings is 2. The standard InChI is InChI=1S/C27H33ClF3N3O4S/c1-4-23(26(36)32-21-7-5-6-8-21)33(16-19-11-9-18(2)10-12-19)25(35)17-34(39(3,37)38)24-15-20(27(29,30)31)13-14-22(24)28/h9-15,21,23H,4-8,16-17H2,1-3H3,(H,32,36)/t23-/m0/s1. The maximum absolute atomic E-state index is 13.8. The van der Waals surface area contributed by atoms with Crippen LogP contribution < -0.4 is 9.62 Å². The monoisotopic (exact) mass is 587 g/mol. The summed E-state index contributed by atoms with van der Waals surface area (Å²) in [6.07, 6.45) is -0.0577. The molecule has 3 rings (SSSR count). The predicted molar refractivity (Wildman–Crippen MR) is 145 cm³/mol. The molecule has 1 saturated carbocycles. The number of nitrogens with one attached hydrogen (secondary N) is 1. The second-order valence-electron chi connectivity index (χ2n) is 9.85. The first-order valence-electron chi connectivity index (χ1n) is 12.7. The van der Waals surface area contributed by atoms with E-state index in [1.54, 1.807) is 19.1 Å². The lowest BCUT2D eigenvalue weighted by Crippen LogP contribution is -2.53. The van der Waals surface area contributed by atoms with Gasteiger partial charge in [0.05, 0.1) is 22.5 Å². The molecule has 0 aliphatic heterocycles. The van der Waals surface area contributed by atoms with Crippen LogP contribution >= 0.6 is 11.6 Å². The van der Waals surface area contributed by atoms with E-state index in [1.165, 1.54) is 4.90 Å². The second-order valence-corrected chi connectivity index (χ2v) is 12.2. The van der Waals surface area contributed by atoms with Crippen molar-refractivity contribution < 1.29 is 31.2 Å². The van der Waals surface area contributed by atoms with Crippen LogP contribution in [0.3, 0.4) is 0 Å². The third-order valence-corrected chi connectivity index (χ3v) is 8.23. The second kappa shape index (κ2) is 12.6. The fourth-order valence-electron chi connectivity index (χ4n) is 4.65. The molecule has 0 radical (unpaired) electrons. The van der Waals surface area contributed by atoms with Crippen LogP contribution in [0.2, 0.25) is 5.02 Å². The van der Waals surface area contributed by atoms with Crippen LogP contribution in [0.5, 0.6) is 0 Å². The fraction of sp³-hybridized carbons (Fsp3) is 0.481. The number of sulfonamides is 1. The van der Waals surface area contributed by atoms with Gasteiger partial charge in [0.25, 0.3) is 0 Å². The number of hydrogen-bond donors (Lipinski definition) is 1. The van der Waals surface area contributed by atoms with Gasteiger partial charge in [-0.05, 0) is 49.9 Å². The Morgan fingerprint density at radius 3 is 2.26 bits per heavy atom. The first kappa shape index (κ1) is 30.7. The Morgan fingerprint density at radius 2 is 1.72 bits per heavy atom. The van der Waals surface area contributed by atoms with Crippen LogP contribution in [0.25, 0.3) is 0 Å². The van der Waals surface area contributed by atoms with Crippen LogP contribution in [-0.4, -0.2) is 50.0 Å². The highest BCUT2D eigenvalue weighted by atomic mass is 35.5. The Hall–Kier alpha value is -2.79. The first-order valence-corrected chi connectivity index (χ1v) is 14.9. The molecule has 2 amide bonds. The summed E-state index contributed by atoms with van der Waals surface area (Å²) in [6.45, 7) is 2.81. The number of alkyl halides is 3. The smallest absolute Gasteiger partial charge is 0.352 e. The van der Waals surface area contributed by atoms with E-state index in [9.17, 15) is 31.2 Å². The van der Waals surface area contributed by atoms with Crippen molar-refractivity contribution in [3.8, 4) is 0 Å². The van der Waals surface area contributed by atoms with E-state index in [-0.39, 0.29) is 29.9 Å². The van der Waals surface area contributed by atoms with Crippen LogP contribution in [0.4, 0.5) is 18.9 Å². The summed E-state index contributed by atoms with van der Waals surface area (Å²) in [7, 11) is -4.25. The molecular formula is C27H33ClF3N3O4S. The van der Waals surface area contributed by atoms with Crippen molar-refractivity contribution >= 4 is 39.1 Å². The molecule has 0 bridgehead atoms. The number of aryl methyl sites for hydroxylation is 1. The molecule has 1 fully saturated rings. The molecule has 39 heavy (non-hydrogen) atoms. The maximum atomic E-state index is 13.8. The zero-order valence-corrected chi connectivity index (χ0v) is 23.7. The van der Waals surface area contributed by atoms with Crippen molar-refractivity contribution in [1.29, 1.82) is 0 Å². The summed E-state index contributed by atoms with van der Waals surface area (Å²) in [6, 6.07) is 8.66. The number of nitrogens with zero attached hydrogens (tertiary/aromatic N) is 2. The quantitative estimate of drug-likeness (QED) is 0.409. The van der Waals surface area contributed by atoms with Crippen LogP contribution in [0, 0.1) is 6.92 Å². The molecule has 0 spiro atoms. The van der Waals surface area contributed by atoms with Gasteiger partial charge in [-0.3, -0.25) is 13.9 Å². The highest BCUT2D eigenvalue weighted by molar-refractivity contribution is 7.92. The van der Waals surface area contributed by atoms with Gasteiger partial charge in [-0.15, -0.1) is 0 Å². The van der Waals surface area contributed by atoms with Crippen LogP contribution in [0.15, 0.2) is 42.5 Å². The summed E-state index contributed by atoms with van der Waals surface area (Å²) >= 11 is 6.13. The fourth-order valence-corrected chi connectivity index (χ4v) is 5.78. The molecule has 0 saturated heterocycles. The number of carbonyl (C=O) groups is 2. The predicted octanol–water partition coefficient (Wildman–Crippen LogP) is 5.30. The summed E-state index contributed by atoms with van der Waals surface area (Å²) < 4.78 is 66.2. The van der Waals surface area contributed by atoms with Crippen molar-refractivity contribution in [2.24, 2.45) is 0 Å². The number of rotatable bonds is 10. The molecule has 12 heteroatoms. The van der Waals surface area contributed by atoms with Crippen molar-refractivity contribution in [3.05, 3.63) is 64.2 Å². The van der Waals surface area contributed by atoms with Crippen molar-refractivity contribution in [2.45, 2.75) is 70.8 Å². The highest BCUT2D eigenvalue weighted by Crippen LogP contribution is 2.36. The minimum absolute atomic E-state index is 0.000639.